The fraction of sp³-hybridized carbons (Fsp3) is 0.714. The van der Waals surface area contributed by atoms with E-state index in [-0.39, 0.29) is 0 Å². The third-order valence-corrected chi connectivity index (χ3v) is 2.21. The molecule has 0 aliphatic heterocycles. The highest BCUT2D eigenvalue weighted by atomic mass is 16.5. The predicted octanol–water partition coefficient (Wildman–Crippen LogP) is 0.270. The fourth-order valence-corrected chi connectivity index (χ4v) is 1.09. The first-order valence-corrected chi connectivity index (χ1v) is 3.33. The average molecular weight is 158 g/mol. The number of methoxy groups -OCH3 is 1. The van der Waals surface area contributed by atoms with Crippen LogP contribution in [0.2, 0.25) is 0 Å². The number of ether oxygens (including phenoxy) is 1. The van der Waals surface area contributed by atoms with Gasteiger partial charge in [-0.05, 0) is 13.3 Å². The molecule has 0 aromatic carbocycles. The van der Waals surface area contributed by atoms with Crippen LogP contribution in [0.25, 0.3) is 0 Å². The molecule has 0 saturated heterocycles. The highest BCUT2D eigenvalue weighted by Gasteiger charge is 2.61. The second kappa shape index (κ2) is 2.22. The number of carbonyl (C=O) groups excluding carboxylic acids is 1. The first kappa shape index (κ1) is 8.04. The number of carbonyl (C=O) groups is 2. The summed E-state index contributed by atoms with van der Waals surface area (Å²) in [7, 11) is 1.27. The molecular weight excluding hydrogens is 148 g/mol. The molecule has 4 heteroatoms. The molecule has 1 rings (SSSR count). The third kappa shape index (κ3) is 1.08. The van der Waals surface area contributed by atoms with Gasteiger partial charge in [-0.15, -0.1) is 0 Å². The summed E-state index contributed by atoms with van der Waals surface area (Å²) in [4.78, 5) is 21.3. The lowest BCUT2D eigenvalue weighted by molar-refractivity contribution is -0.149. The number of esters is 1. The van der Waals surface area contributed by atoms with Crippen LogP contribution in [0.5, 0.6) is 0 Å². The van der Waals surface area contributed by atoms with Crippen molar-refractivity contribution in [3.8, 4) is 0 Å². The van der Waals surface area contributed by atoms with E-state index < -0.39 is 23.3 Å². The number of rotatable bonds is 2. The molecule has 0 spiro atoms. The van der Waals surface area contributed by atoms with Crippen LogP contribution >= 0.6 is 0 Å². The Hall–Kier alpha value is -1.06. The summed E-state index contributed by atoms with van der Waals surface area (Å²) in [5.74, 6) is -1.78. The first-order valence-electron chi connectivity index (χ1n) is 3.33. The molecule has 1 saturated carbocycles. The van der Waals surface area contributed by atoms with Gasteiger partial charge in [0.2, 0.25) is 0 Å². The first-order chi connectivity index (χ1) is 5.02. The molecule has 62 valence electrons. The summed E-state index contributed by atoms with van der Waals surface area (Å²) in [5, 5.41) is 8.62. The SMILES string of the molecule is COC(=O)[C@@H]1C[C@]1(C)C(=O)O. The number of carboxylic acids is 1. The molecule has 4 nitrogen and oxygen atoms in total. The lowest BCUT2D eigenvalue weighted by atomic mass is 10.1. The van der Waals surface area contributed by atoms with E-state index in [1.165, 1.54) is 7.11 Å². The molecular formula is C7H10O4. The molecule has 0 amide bonds. The lowest BCUT2D eigenvalue weighted by Gasteiger charge is -2.01. The maximum Gasteiger partial charge on any atom is 0.310 e. The van der Waals surface area contributed by atoms with Crippen molar-refractivity contribution in [2.45, 2.75) is 13.3 Å². The van der Waals surface area contributed by atoms with Gasteiger partial charge in [0.25, 0.3) is 0 Å². The standard InChI is InChI=1S/C7H10O4/c1-7(6(9)10)3-4(7)5(8)11-2/h4H,3H2,1-2H3,(H,9,10)/t4-,7-/m0/s1. The molecule has 0 unspecified atom stereocenters. The Labute approximate surface area is 64.2 Å². The fourth-order valence-electron chi connectivity index (χ4n) is 1.09. The van der Waals surface area contributed by atoms with E-state index in [4.69, 9.17) is 5.11 Å². The van der Waals surface area contributed by atoms with E-state index >= 15 is 0 Å². The van der Waals surface area contributed by atoms with E-state index in [9.17, 15) is 9.59 Å². The lowest BCUT2D eigenvalue weighted by Crippen LogP contribution is -2.17. The molecule has 0 bridgehead atoms. The molecule has 2 atom stereocenters. The van der Waals surface area contributed by atoms with Gasteiger partial charge in [0, 0.05) is 0 Å². The molecule has 1 N–H and O–H groups in total. The number of aliphatic carboxylic acids is 1. The maximum absolute atomic E-state index is 10.8. The predicted molar refractivity (Wildman–Crippen MR) is 35.9 cm³/mol. The van der Waals surface area contributed by atoms with Crippen LogP contribution in [0.3, 0.4) is 0 Å². The Bertz CT molecular complexity index is 210. The Morgan fingerprint density at radius 1 is 1.64 bits per heavy atom. The average Bonchev–Trinajstić information content (AvgIpc) is 2.63. The minimum Gasteiger partial charge on any atom is -0.481 e. The smallest absolute Gasteiger partial charge is 0.310 e. The summed E-state index contributed by atoms with van der Waals surface area (Å²) < 4.78 is 4.42. The van der Waals surface area contributed by atoms with Crippen molar-refractivity contribution in [2.24, 2.45) is 11.3 Å². The van der Waals surface area contributed by atoms with Crippen LogP contribution in [0.1, 0.15) is 13.3 Å². The Morgan fingerprint density at radius 3 is 2.45 bits per heavy atom. The van der Waals surface area contributed by atoms with Crippen LogP contribution in [-0.2, 0) is 14.3 Å². The van der Waals surface area contributed by atoms with Crippen LogP contribution in [0.4, 0.5) is 0 Å². The quantitative estimate of drug-likeness (QED) is 0.586. The summed E-state index contributed by atoms with van der Waals surface area (Å²) >= 11 is 0. The topological polar surface area (TPSA) is 63.6 Å². The molecule has 1 aliphatic carbocycles. The molecule has 11 heavy (non-hydrogen) atoms. The Balaban J connectivity index is 2.60. The zero-order chi connectivity index (χ0) is 8.65. The summed E-state index contributed by atoms with van der Waals surface area (Å²) in [6, 6.07) is 0. The highest BCUT2D eigenvalue weighted by Crippen LogP contribution is 2.52. The summed E-state index contributed by atoms with van der Waals surface area (Å²) in [6.07, 6.45) is 0.398. The zero-order valence-electron chi connectivity index (χ0n) is 6.46. The van der Waals surface area contributed by atoms with Crippen molar-refractivity contribution < 1.29 is 19.4 Å². The van der Waals surface area contributed by atoms with Gasteiger partial charge in [0.15, 0.2) is 0 Å². The molecule has 0 aromatic rings. The Morgan fingerprint density at radius 2 is 2.18 bits per heavy atom. The summed E-state index contributed by atoms with van der Waals surface area (Å²) in [6.45, 7) is 1.55. The molecule has 1 fully saturated rings. The van der Waals surface area contributed by atoms with Gasteiger partial charge < -0.3 is 9.84 Å². The zero-order valence-corrected chi connectivity index (χ0v) is 6.46. The van der Waals surface area contributed by atoms with Gasteiger partial charge >= 0.3 is 11.9 Å². The Kier molecular flexibility index (Phi) is 1.62. The van der Waals surface area contributed by atoms with Crippen LogP contribution in [0, 0.1) is 11.3 Å². The van der Waals surface area contributed by atoms with Gasteiger partial charge in [-0.2, -0.15) is 0 Å². The van der Waals surface area contributed by atoms with E-state index in [0.29, 0.717) is 6.42 Å². The van der Waals surface area contributed by atoms with E-state index in [1.54, 1.807) is 6.92 Å². The van der Waals surface area contributed by atoms with Gasteiger partial charge in [0.05, 0.1) is 18.4 Å². The summed E-state index contributed by atoms with van der Waals surface area (Å²) in [5.41, 5.74) is -0.868. The van der Waals surface area contributed by atoms with Gasteiger partial charge in [-0.1, -0.05) is 0 Å². The van der Waals surface area contributed by atoms with Gasteiger partial charge in [-0.25, -0.2) is 0 Å². The molecule has 1 aliphatic rings. The van der Waals surface area contributed by atoms with Crippen molar-refractivity contribution in [1.29, 1.82) is 0 Å². The van der Waals surface area contributed by atoms with Gasteiger partial charge in [-0.3, -0.25) is 9.59 Å². The third-order valence-electron chi connectivity index (χ3n) is 2.21. The maximum atomic E-state index is 10.8. The van der Waals surface area contributed by atoms with Crippen molar-refractivity contribution in [3.05, 3.63) is 0 Å². The van der Waals surface area contributed by atoms with Crippen molar-refractivity contribution >= 4 is 11.9 Å². The number of carboxylic acid groups (broad SMARTS) is 1. The number of hydrogen-bond acceptors (Lipinski definition) is 3. The van der Waals surface area contributed by atoms with E-state index in [1.807, 2.05) is 0 Å². The van der Waals surface area contributed by atoms with Crippen LogP contribution < -0.4 is 0 Å². The molecule has 0 radical (unpaired) electrons. The second-order valence-corrected chi connectivity index (χ2v) is 3.00. The van der Waals surface area contributed by atoms with Crippen molar-refractivity contribution in [2.75, 3.05) is 7.11 Å². The molecule has 0 aromatic heterocycles. The normalized spacial score (nSPS) is 34.5. The highest BCUT2D eigenvalue weighted by molar-refractivity contribution is 5.89. The molecule has 0 heterocycles. The number of hydrogen-bond donors (Lipinski definition) is 1. The van der Waals surface area contributed by atoms with E-state index in [0.717, 1.165) is 0 Å². The van der Waals surface area contributed by atoms with Gasteiger partial charge in [0.1, 0.15) is 0 Å². The largest absolute Gasteiger partial charge is 0.481 e. The van der Waals surface area contributed by atoms with Crippen LogP contribution in [0.15, 0.2) is 0 Å². The van der Waals surface area contributed by atoms with Crippen molar-refractivity contribution in [1.82, 2.24) is 0 Å². The van der Waals surface area contributed by atoms with E-state index in [2.05, 4.69) is 4.74 Å². The second-order valence-electron chi connectivity index (χ2n) is 3.00. The minimum absolute atomic E-state index is 0.398. The minimum atomic E-state index is -0.923. The monoisotopic (exact) mass is 158 g/mol. The van der Waals surface area contributed by atoms with Crippen molar-refractivity contribution in [3.63, 3.8) is 0 Å². The van der Waals surface area contributed by atoms with Crippen LogP contribution in [-0.4, -0.2) is 24.2 Å².